The summed E-state index contributed by atoms with van der Waals surface area (Å²) in [4.78, 5) is 28.1. The van der Waals surface area contributed by atoms with E-state index in [0.29, 0.717) is 21.4 Å². The Labute approximate surface area is 201 Å². The number of aliphatic hydroxyl groups is 1. The minimum Gasteiger partial charge on any atom is -0.480 e. The molecule has 5 aliphatic rings. The van der Waals surface area contributed by atoms with Crippen LogP contribution in [0.3, 0.4) is 0 Å². The first-order chi connectivity index (χ1) is 15.8. The van der Waals surface area contributed by atoms with Crippen LogP contribution >= 0.6 is 23.2 Å². The molecule has 0 aromatic heterocycles. The minimum absolute atomic E-state index is 0.118. The van der Waals surface area contributed by atoms with Crippen molar-refractivity contribution in [2.75, 3.05) is 6.54 Å². The third-order valence-electron chi connectivity index (χ3n) is 7.77. The summed E-state index contributed by atoms with van der Waals surface area (Å²) in [7, 11) is 0. The summed E-state index contributed by atoms with van der Waals surface area (Å²) in [5.41, 5.74) is 1.21. The van der Waals surface area contributed by atoms with Crippen molar-refractivity contribution in [2.24, 2.45) is 0 Å². The Kier molecular flexibility index (Phi) is 4.74. The first kappa shape index (κ1) is 21.3. The molecule has 7 rings (SSSR count). The molecule has 3 atom stereocenters. The van der Waals surface area contributed by atoms with Crippen molar-refractivity contribution in [3.63, 3.8) is 0 Å². The molecular formula is C25H24Cl2N2O4. The van der Waals surface area contributed by atoms with Crippen molar-refractivity contribution in [3.05, 3.63) is 63.6 Å². The predicted octanol–water partition coefficient (Wildman–Crippen LogP) is 3.99. The fourth-order valence-electron chi connectivity index (χ4n) is 6.23. The molecule has 3 saturated carbocycles. The Morgan fingerprint density at radius 2 is 1.79 bits per heavy atom. The van der Waals surface area contributed by atoms with Gasteiger partial charge in [0.15, 0.2) is 6.10 Å². The number of fused-ring (bicyclic) bond motifs is 1. The number of carbonyl (C=O) groups excluding carboxylic acids is 2. The molecule has 8 heteroatoms. The number of rotatable bonds is 4. The van der Waals surface area contributed by atoms with E-state index in [1.807, 2.05) is 29.2 Å². The van der Waals surface area contributed by atoms with Gasteiger partial charge in [-0.3, -0.25) is 9.59 Å². The Morgan fingerprint density at radius 3 is 2.52 bits per heavy atom. The highest BCUT2D eigenvalue weighted by Crippen LogP contribution is 2.64. The van der Waals surface area contributed by atoms with Crippen LogP contribution in [0.25, 0.3) is 0 Å². The van der Waals surface area contributed by atoms with Crippen LogP contribution in [0.2, 0.25) is 10.0 Å². The van der Waals surface area contributed by atoms with Gasteiger partial charge in [0.25, 0.3) is 5.91 Å². The number of benzene rings is 2. The van der Waals surface area contributed by atoms with E-state index in [9.17, 15) is 14.7 Å². The smallest absolute Gasteiger partial charge is 0.261 e. The van der Waals surface area contributed by atoms with E-state index in [-0.39, 0.29) is 35.2 Å². The molecule has 1 saturated heterocycles. The van der Waals surface area contributed by atoms with Crippen molar-refractivity contribution >= 4 is 35.0 Å². The molecule has 2 amide bonds. The lowest BCUT2D eigenvalue weighted by Crippen LogP contribution is -2.84. The monoisotopic (exact) mass is 486 g/mol. The molecule has 2 bridgehead atoms. The lowest BCUT2D eigenvalue weighted by Gasteiger charge is -2.73. The van der Waals surface area contributed by atoms with Gasteiger partial charge >= 0.3 is 0 Å². The van der Waals surface area contributed by atoms with Crippen molar-refractivity contribution in [1.29, 1.82) is 0 Å². The van der Waals surface area contributed by atoms with Crippen LogP contribution in [-0.2, 0) is 9.59 Å². The van der Waals surface area contributed by atoms with Crippen LogP contribution in [0.4, 0.5) is 0 Å². The lowest BCUT2D eigenvalue weighted by atomic mass is 9.43. The summed E-state index contributed by atoms with van der Waals surface area (Å²) in [6.07, 6.45) is 1.76. The molecule has 0 radical (unpaired) electrons. The van der Waals surface area contributed by atoms with Gasteiger partial charge < -0.3 is 20.1 Å². The van der Waals surface area contributed by atoms with Gasteiger partial charge in [0, 0.05) is 39.7 Å². The molecule has 4 fully saturated rings. The maximum absolute atomic E-state index is 13.2. The maximum atomic E-state index is 13.2. The summed E-state index contributed by atoms with van der Waals surface area (Å²) in [5.74, 6) is 0.330. The van der Waals surface area contributed by atoms with Gasteiger partial charge in [-0.2, -0.15) is 0 Å². The van der Waals surface area contributed by atoms with E-state index in [1.165, 1.54) is 0 Å². The Bertz CT molecular complexity index is 1130. The Balaban J connectivity index is 1.08. The second-order valence-electron chi connectivity index (χ2n) is 9.95. The zero-order chi connectivity index (χ0) is 23.0. The SMILES string of the molecule is O=C(NC12CC(N3CC[C@@H](c4ccc(Cl)cc4)C3=O)(C1)C2)[C@H]1C[C@@H](O)c2cc(Cl)ccc2O1. The zero-order valence-corrected chi connectivity index (χ0v) is 19.4. The van der Waals surface area contributed by atoms with E-state index >= 15 is 0 Å². The van der Waals surface area contributed by atoms with Crippen molar-refractivity contribution in [2.45, 2.75) is 61.3 Å². The lowest BCUT2D eigenvalue weighted by molar-refractivity contribution is -0.188. The second-order valence-corrected chi connectivity index (χ2v) is 10.8. The number of hydrogen-bond acceptors (Lipinski definition) is 4. The van der Waals surface area contributed by atoms with E-state index in [4.69, 9.17) is 27.9 Å². The maximum Gasteiger partial charge on any atom is 0.261 e. The fraction of sp³-hybridized carbons (Fsp3) is 0.440. The number of nitrogens with one attached hydrogen (secondary N) is 1. The quantitative estimate of drug-likeness (QED) is 0.684. The summed E-state index contributed by atoms with van der Waals surface area (Å²) >= 11 is 12.0. The average molecular weight is 487 g/mol. The van der Waals surface area contributed by atoms with Crippen LogP contribution in [0, 0.1) is 0 Å². The van der Waals surface area contributed by atoms with Gasteiger partial charge in [-0.15, -0.1) is 0 Å². The number of likely N-dealkylation sites (tertiary alicyclic amines) is 1. The second kappa shape index (κ2) is 7.36. The first-order valence-corrected chi connectivity index (χ1v) is 12.1. The standard InChI is InChI=1S/C25H24Cl2N2O4/c26-15-3-1-14(2-4-15)17-7-8-29(23(17)32)25-11-24(12-25,13-25)28-22(31)21-10-19(30)18-9-16(27)5-6-20(18)33-21/h1-6,9,17,19,21,30H,7-8,10-13H2,(H,28,31)/t17-,19+,21+,24?,25?/m0/s1. The molecule has 33 heavy (non-hydrogen) atoms. The number of hydrogen-bond donors (Lipinski definition) is 2. The fourth-order valence-corrected chi connectivity index (χ4v) is 6.54. The third kappa shape index (κ3) is 3.34. The highest BCUT2D eigenvalue weighted by atomic mass is 35.5. The minimum atomic E-state index is -0.797. The van der Waals surface area contributed by atoms with Crippen molar-refractivity contribution in [1.82, 2.24) is 10.2 Å². The van der Waals surface area contributed by atoms with Gasteiger partial charge in [0.1, 0.15) is 5.75 Å². The molecule has 172 valence electrons. The summed E-state index contributed by atoms with van der Waals surface area (Å²) < 4.78 is 5.86. The Hall–Kier alpha value is -2.28. The highest BCUT2D eigenvalue weighted by molar-refractivity contribution is 6.30. The molecule has 3 aliphatic carbocycles. The highest BCUT2D eigenvalue weighted by Gasteiger charge is 2.72. The molecule has 6 nitrogen and oxygen atoms in total. The Morgan fingerprint density at radius 1 is 1.09 bits per heavy atom. The van der Waals surface area contributed by atoms with Crippen LogP contribution in [0.15, 0.2) is 42.5 Å². The van der Waals surface area contributed by atoms with Crippen LogP contribution in [0.5, 0.6) is 5.75 Å². The molecule has 2 aromatic carbocycles. The van der Waals surface area contributed by atoms with Gasteiger partial charge in [-0.1, -0.05) is 35.3 Å². The van der Waals surface area contributed by atoms with E-state index in [0.717, 1.165) is 37.8 Å². The number of aliphatic hydroxyl groups excluding tert-OH is 1. The molecular weight excluding hydrogens is 463 g/mol. The van der Waals surface area contributed by atoms with Gasteiger partial charge in [-0.25, -0.2) is 0 Å². The molecule has 2 heterocycles. The molecule has 2 aromatic rings. The number of ether oxygens (including phenoxy) is 1. The molecule has 0 unspecified atom stereocenters. The zero-order valence-electron chi connectivity index (χ0n) is 17.9. The number of halogens is 2. The third-order valence-corrected chi connectivity index (χ3v) is 8.26. The normalized spacial score (nSPS) is 34.1. The number of nitrogens with zero attached hydrogens (tertiary/aromatic N) is 1. The molecule has 0 spiro atoms. The van der Waals surface area contributed by atoms with Crippen molar-refractivity contribution < 1.29 is 19.4 Å². The van der Waals surface area contributed by atoms with Gasteiger partial charge in [0.2, 0.25) is 5.91 Å². The van der Waals surface area contributed by atoms with E-state index in [2.05, 4.69) is 5.32 Å². The average Bonchev–Trinajstić information content (AvgIpc) is 3.11. The van der Waals surface area contributed by atoms with Crippen LogP contribution in [-0.4, -0.2) is 45.5 Å². The largest absolute Gasteiger partial charge is 0.480 e. The number of carbonyl (C=O) groups is 2. The summed E-state index contributed by atoms with van der Waals surface area (Å²) in [6.45, 7) is 0.743. The first-order valence-electron chi connectivity index (χ1n) is 11.3. The predicted molar refractivity (Wildman–Crippen MR) is 123 cm³/mol. The van der Waals surface area contributed by atoms with Crippen LogP contribution < -0.4 is 10.1 Å². The van der Waals surface area contributed by atoms with Crippen LogP contribution in [0.1, 0.15) is 55.3 Å². The van der Waals surface area contributed by atoms with E-state index in [1.54, 1.807) is 18.2 Å². The summed E-state index contributed by atoms with van der Waals surface area (Å²) in [6, 6.07) is 12.6. The molecule has 2 N–H and O–H groups in total. The number of amides is 2. The topological polar surface area (TPSA) is 78.9 Å². The molecule has 2 aliphatic heterocycles. The van der Waals surface area contributed by atoms with Gasteiger partial charge in [0.05, 0.1) is 12.0 Å². The van der Waals surface area contributed by atoms with Crippen molar-refractivity contribution in [3.8, 4) is 5.75 Å². The van der Waals surface area contributed by atoms with Gasteiger partial charge in [-0.05, 0) is 61.6 Å². The summed E-state index contributed by atoms with van der Waals surface area (Å²) in [5, 5.41) is 14.8. The van der Waals surface area contributed by atoms with E-state index < -0.39 is 12.2 Å².